The van der Waals surface area contributed by atoms with Crippen molar-refractivity contribution in [2.75, 3.05) is 26.0 Å². The smallest absolute Gasteiger partial charge is 0.293 e. The molecule has 0 radical (unpaired) electrons. The molecular weight excluding hydrogens is 320 g/mol. The quantitative estimate of drug-likeness (QED) is 0.429. The number of nitro groups is 1. The molecule has 0 aliphatic heterocycles. The minimum atomic E-state index is -0.516. The monoisotopic (exact) mass is 342 g/mol. The summed E-state index contributed by atoms with van der Waals surface area (Å²) in [4.78, 5) is 24.5. The number of amides is 1. The van der Waals surface area contributed by atoms with Crippen LogP contribution in [0.4, 0.5) is 11.4 Å². The van der Waals surface area contributed by atoms with Gasteiger partial charge in [0.25, 0.3) is 11.6 Å². The maximum Gasteiger partial charge on any atom is 0.293 e. The van der Waals surface area contributed by atoms with E-state index in [-0.39, 0.29) is 33.9 Å². The first-order valence-corrected chi connectivity index (χ1v) is 7.82. The molecule has 0 aliphatic rings. The molecule has 3 N–H and O–H groups in total. The second-order valence-electron chi connectivity index (χ2n) is 5.60. The van der Waals surface area contributed by atoms with Crippen molar-refractivity contribution in [2.24, 2.45) is 5.73 Å². The highest BCUT2D eigenvalue weighted by atomic mass is 35.5. The number of nitrogens with one attached hydrogen (secondary N) is 1. The molecule has 7 nitrogen and oxygen atoms in total. The number of anilines is 1. The Balaban J connectivity index is 3.21. The van der Waals surface area contributed by atoms with Gasteiger partial charge >= 0.3 is 0 Å². The minimum Gasteiger partial charge on any atom is -0.376 e. The molecule has 0 heterocycles. The standard InChI is InChI=1S/C15H23ClN4O3/c1-10(6-4-5-9-17)18-14-12(20(22)23)8-7-11(16)13(14)15(21)19(2)3/h7-8,10,18H,4-6,9,17H2,1-3H3/t10-/m0/s1. The van der Waals surface area contributed by atoms with Gasteiger partial charge in [-0.2, -0.15) is 0 Å². The SMILES string of the molecule is C[C@@H](CCCCN)Nc1c([N+](=O)[O-])ccc(Cl)c1C(=O)N(C)C. The molecule has 1 atom stereocenters. The van der Waals surface area contributed by atoms with E-state index in [4.69, 9.17) is 17.3 Å². The van der Waals surface area contributed by atoms with Gasteiger partial charge in [0, 0.05) is 26.2 Å². The highest BCUT2D eigenvalue weighted by Gasteiger charge is 2.26. The van der Waals surface area contributed by atoms with E-state index in [0.29, 0.717) is 6.54 Å². The van der Waals surface area contributed by atoms with Gasteiger partial charge in [-0.3, -0.25) is 14.9 Å². The van der Waals surface area contributed by atoms with Crippen LogP contribution in [0.2, 0.25) is 5.02 Å². The molecule has 1 aromatic rings. The second-order valence-corrected chi connectivity index (χ2v) is 6.01. The van der Waals surface area contributed by atoms with Crippen molar-refractivity contribution in [2.45, 2.75) is 32.2 Å². The third kappa shape index (κ3) is 5.07. The Morgan fingerprint density at radius 3 is 2.61 bits per heavy atom. The first-order valence-electron chi connectivity index (χ1n) is 7.44. The van der Waals surface area contributed by atoms with Gasteiger partial charge < -0.3 is 16.0 Å². The zero-order valence-corrected chi connectivity index (χ0v) is 14.4. The Bertz CT molecular complexity index is 578. The molecule has 0 spiro atoms. The highest BCUT2D eigenvalue weighted by molar-refractivity contribution is 6.35. The lowest BCUT2D eigenvalue weighted by molar-refractivity contribution is -0.384. The summed E-state index contributed by atoms with van der Waals surface area (Å²) < 4.78 is 0. The van der Waals surface area contributed by atoms with E-state index in [1.807, 2.05) is 6.92 Å². The van der Waals surface area contributed by atoms with Crippen molar-refractivity contribution in [3.63, 3.8) is 0 Å². The van der Waals surface area contributed by atoms with Crippen LogP contribution >= 0.6 is 11.6 Å². The number of nitrogens with two attached hydrogens (primary N) is 1. The lowest BCUT2D eigenvalue weighted by atomic mass is 10.1. The summed E-state index contributed by atoms with van der Waals surface area (Å²) in [5, 5.41) is 14.6. The van der Waals surface area contributed by atoms with Crippen LogP contribution in [0.25, 0.3) is 0 Å². The summed E-state index contributed by atoms with van der Waals surface area (Å²) >= 11 is 6.13. The largest absolute Gasteiger partial charge is 0.376 e. The average Bonchev–Trinajstić information content (AvgIpc) is 2.46. The summed E-state index contributed by atoms with van der Waals surface area (Å²) in [7, 11) is 3.15. The maximum atomic E-state index is 12.4. The molecule has 1 amide bonds. The summed E-state index contributed by atoms with van der Waals surface area (Å²) in [6.07, 6.45) is 2.57. The van der Waals surface area contributed by atoms with Gasteiger partial charge in [-0.25, -0.2) is 0 Å². The molecule has 8 heteroatoms. The van der Waals surface area contributed by atoms with E-state index in [0.717, 1.165) is 19.3 Å². The number of benzene rings is 1. The fraction of sp³-hybridized carbons (Fsp3) is 0.533. The van der Waals surface area contributed by atoms with Crippen LogP contribution in [0.5, 0.6) is 0 Å². The molecule has 23 heavy (non-hydrogen) atoms. The predicted molar refractivity (Wildman–Crippen MR) is 92.1 cm³/mol. The Labute approximate surface area is 140 Å². The Morgan fingerprint density at radius 2 is 2.09 bits per heavy atom. The molecule has 1 aromatic carbocycles. The highest BCUT2D eigenvalue weighted by Crippen LogP contribution is 2.35. The van der Waals surface area contributed by atoms with Crippen LogP contribution in [-0.2, 0) is 0 Å². The van der Waals surface area contributed by atoms with Crippen LogP contribution < -0.4 is 11.1 Å². The van der Waals surface area contributed by atoms with Crippen molar-refractivity contribution >= 4 is 28.9 Å². The molecule has 0 fully saturated rings. The zero-order chi connectivity index (χ0) is 17.6. The van der Waals surface area contributed by atoms with E-state index in [9.17, 15) is 14.9 Å². The van der Waals surface area contributed by atoms with E-state index in [1.165, 1.54) is 17.0 Å². The molecular formula is C15H23ClN4O3. The molecule has 128 valence electrons. The summed E-state index contributed by atoms with van der Waals surface area (Å²) in [6, 6.07) is 2.64. The summed E-state index contributed by atoms with van der Waals surface area (Å²) in [5.41, 5.74) is 5.60. The molecule has 0 aliphatic carbocycles. The van der Waals surface area contributed by atoms with Gasteiger partial charge in [0.2, 0.25) is 0 Å². The Kier molecular flexibility index (Phi) is 7.25. The topological polar surface area (TPSA) is 101 Å². The maximum absolute atomic E-state index is 12.4. The van der Waals surface area contributed by atoms with Crippen LogP contribution in [-0.4, -0.2) is 42.4 Å². The fourth-order valence-electron chi connectivity index (χ4n) is 2.21. The Morgan fingerprint density at radius 1 is 1.43 bits per heavy atom. The van der Waals surface area contributed by atoms with Crippen LogP contribution in [0.15, 0.2) is 12.1 Å². The second kappa shape index (κ2) is 8.69. The number of nitrogens with zero attached hydrogens (tertiary/aromatic N) is 2. The third-order valence-corrected chi connectivity index (χ3v) is 3.75. The normalized spacial score (nSPS) is 11.9. The van der Waals surface area contributed by atoms with Gasteiger partial charge in [-0.1, -0.05) is 18.0 Å². The number of rotatable bonds is 8. The number of halogens is 1. The van der Waals surface area contributed by atoms with Crippen molar-refractivity contribution in [1.82, 2.24) is 4.90 Å². The van der Waals surface area contributed by atoms with Crippen molar-refractivity contribution in [3.05, 3.63) is 32.8 Å². The van der Waals surface area contributed by atoms with Gasteiger partial charge in [0.15, 0.2) is 0 Å². The fourth-order valence-corrected chi connectivity index (χ4v) is 2.45. The van der Waals surface area contributed by atoms with E-state index < -0.39 is 4.92 Å². The van der Waals surface area contributed by atoms with Gasteiger partial charge in [0.1, 0.15) is 5.69 Å². The first-order chi connectivity index (χ1) is 10.8. The molecule has 0 unspecified atom stereocenters. The number of unbranched alkanes of at least 4 members (excludes halogenated alkanes) is 1. The van der Waals surface area contributed by atoms with Crippen molar-refractivity contribution in [3.8, 4) is 0 Å². The lowest BCUT2D eigenvalue weighted by Crippen LogP contribution is -2.25. The average molecular weight is 343 g/mol. The number of carbonyl (C=O) groups excluding carboxylic acids is 1. The third-order valence-electron chi connectivity index (χ3n) is 3.43. The molecule has 0 saturated carbocycles. The van der Waals surface area contributed by atoms with Crippen molar-refractivity contribution in [1.29, 1.82) is 0 Å². The Hall–Kier alpha value is -1.86. The molecule has 0 bridgehead atoms. The number of hydrogen-bond acceptors (Lipinski definition) is 5. The number of carbonyl (C=O) groups is 1. The van der Waals surface area contributed by atoms with E-state index in [2.05, 4.69) is 5.32 Å². The van der Waals surface area contributed by atoms with Crippen LogP contribution in [0, 0.1) is 10.1 Å². The zero-order valence-electron chi connectivity index (χ0n) is 13.6. The molecule has 1 rings (SSSR count). The van der Waals surface area contributed by atoms with Crippen molar-refractivity contribution < 1.29 is 9.72 Å². The number of nitro benzene ring substituents is 1. The van der Waals surface area contributed by atoms with Crippen LogP contribution in [0.1, 0.15) is 36.5 Å². The summed E-state index contributed by atoms with van der Waals surface area (Å²) in [5.74, 6) is -0.379. The predicted octanol–water partition coefficient (Wildman–Crippen LogP) is 2.88. The molecule has 0 aromatic heterocycles. The first kappa shape index (κ1) is 19.2. The van der Waals surface area contributed by atoms with Gasteiger partial charge in [-0.15, -0.1) is 0 Å². The van der Waals surface area contributed by atoms with Gasteiger partial charge in [0.05, 0.1) is 15.5 Å². The van der Waals surface area contributed by atoms with Crippen LogP contribution in [0.3, 0.4) is 0 Å². The van der Waals surface area contributed by atoms with E-state index >= 15 is 0 Å². The minimum absolute atomic E-state index is 0.0487. The van der Waals surface area contributed by atoms with E-state index in [1.54, 1.807) is 14.1 Å². The van der Waals surface area contributed by atoms with Gasteiger partial charge in [-0.05, 0) is 32.4 Å². The molecule has 0 saturated heterocycles. The number of hydrogen-bond donors (Lipinski definition) is 2. The summed E-state index contributed by atoms with van der Waals surface area (Å²) in [6.45, 7) is 2.51. The lowest BCUT2D eigenvalue weighted by Gasteiger charge is -2.20.